The summed E-state index contributed by atoms with van der Waals surface area (Å²) in [5.74, 6) is 0. The molecule has 3 rings (SSSR count). The van der Waals surface area contributed by atoms with Crippen molar-refractivity contribution in [3.63, 3.8) is 0 Å². The van der Waals surface area contributed by atoms with Gasteiger partial charge < -0.3 is 10.1 Å². The molecule has 0 bridgehead atoms. The zero-order chi connectivity index (χ0) is 20.5. The van der Waals surface area contributed by atoms with Gasteiger partial charge in [0, 0.05) is 46.8 Å². The van der Waals surface area contributed by atoms with E-state index in [9.17, 15) is 13.2 Å². The lowest BCUT2D eigenvalue weighted by atomic mass is 10.1. The molecule has 0 spiro atoms. The van der Waals surface area contributed by atoms with Gasteiger partial charge in [0.15, 0.2) is 0 Å². The van der Waals surface area contributed by atoms with Crippen LogP contribution in [0.1, 0.15) is 33.6 Å². The van der Waals surface area contributed by atoms with Crippen molar-refractivity contribution in [3.05, 3.63) is 35.1 Å². The van der Waals surface area contributed by atoms with Crippen molar-refractivity contribution < 1.29 is 17.9 Å². The highest BCUT2D eigenvalue weighted by atomic mass is 79.9. The van der Waals surface area contributed by atoms with Crippen molar-refractivity contribution in [2.24, 2.45) is 0 Å². The lowest BCUT2D eigenvalue weighted by Gasteiger charge is -2.33. The van der Waals surface area contributed by atoms with Crippen molar-refractivity contribution in [1.82, 2.24) is 14.6 Å². The average molecular weight is 470 g/mol. The largest absolute Gasteiger partial charge is 0.444 e. The lowest BCUT2D eigenvalue weighted by Crippen LogP contribution is -2.50. The number of hydrogen-bond acceptors (Lipinski definition) is 5. The van der Waals surface area contributed by atoms with Gasteiger partial charge in [-0.25, -0.2) is 13.2 Å². The first-order valence-electron chi connectivity index (χ1n) is 9.10. The Kier molecular flexibility index (Phi) is 5.97. The van der Waals surface area contributed by atoms with Crippen LogP contribution in [0.3, 0.4) is 0 Å². The van der Waals surface area contributed by atoms with Gasteiger partial charge >= 0.3 is 6.09 Å². The molecule has 152 valence electrons. The molecule has 1 saturated heterocycles. The molecule has 28 heavy (non-hydrogen) atoms. The van der Waals surface area contributed by atoms with Crippen LogP contribution in [0.2, 0.25) is 0 Å². The summed E-state index contributed by atoms with van der Waals surface area (Å²) in [6.07, 6.45) is 4.06. The molecule has 1 aliphatic heterocycles. The minimum atomic E-state index is -3.73. The summed E-state index contributed by atoms with van der Waals surface area (Å²) >= 11 is 3.42. The number of carbonyl (C=O) groups is 1. The lowest BCUT2D eigenvalue weighted by molar-refractivity contribution is 0.0487. The molecule has 0 radical (unpaired) electrons. The van der Waals surface area contributed by atoms with Crippen LogP contribution in [-0.2, 0) is 14.8 Å². The van der Waals surface area contributed by atoms with Gasteiger partial charge in [-0.05, 0) is 55.6 Å². The molecule has 1 aromatic carbocycles. The number of fused-ring (bicyclic) bond motifs is 1. The van der Waals surface area contributed by atoms with Gasteiger partial charge in [0.05, 0.1) is 4.90 Å². The van der Waals surface area contributed by atoms with Crippen molar-refractivity contribution in [2.45, 2.75) is 50.2 Å². The van der Waals surface area contributed by atoms with Crippen molar-refractivity contribution in [3.8, 4) is 0 Å². The van der Waals surface area contributed by atoms with Crippen LogP contribution in [-0.4, -0.2) is 48.5 Å². The van der Waals surface area contributed by atoms with Gasteiger partial charge in [0.2, 0.25) is 10.0 Å². The standard InChI is InChI=1S/C19H24BrN3O4S/c1-19(2,3)27-18(24)22-14-7-5-9-23(12-14)28(25,26)16-8-4-6-13-10-21-11-15(20)17(13)16/h4,6,8,10-11,14H,5,7,9,12H2,1-3H3,(H,22,24)/t14-/m1/s1. The molecule has 1 fully saturated rings. The third-order valence-corrected chi connectivity index (χ3v) is 6.93. The molecule has 2 heterocycles. The van der Waals surface area contributed by atoms with Gasteiger partial charge in [0.1, 0.15) is 5.60 Å². The van der Waals surface area contributed by atoms with Gasteiger partial charge in [-0.15, -0.1) is 0 Å². The Balaban J connectivity index is 1.84. The average Bonchev–Trinajstić information content (AvgIpc) is 2.60. The van der Waals surface area contributed by atoms with Gasteiger partial charge in [-0.2, -0.15) is 4.31 Å². The maximum atomic E-state index is 13.4. The minimum Gasteiger partial charge on any atom is -0.444 e. The number of halogens is 1. The normalized spacial score (nSPS) is 18.8. The van der Waals surface area contributed by atoms with Crippen molar-refractivity contribution in [1.29, 1.82) is 0 Å². The van der Waals surface area contributed by atoms with Crippen molar-refractivity contribution in [2.75, 3.05) is 13.1 Å². The highest BCUT2D eigenvalue weighted by Crippen LogP contribution is 2.32. The maximum Gasteiger partial charge on any atom is 0.407 e. The summed E-state index contributed by atoms with van der Waals surface area (Å²) in [4.78, 5) is 16.4. The Morgan fingerprint density at radius 1 is 1.32 bits per heavy atom. The second-order valence-electron chi connectivity index (χ2n) is 7.82. The number of pyridine rings is 1. The Bertz CT molecular complexity index is 983. The molecule has 1 N–H and O–H groups in total. The topological polar surface area (TPSA) is 88.6 Å². The molecular formula is C19H24BrN3O4S. The number of ether oxygens (including phenoxy) is 1. The molecular weight excluding hydrogens is 446 g/mol. The van der Waals surface area contributed by atoms with Crippen LogP contribution in [0.4, 0.5) is 4.79 Å². The zero-order valence-corrected chi connectivity index (χ0v) is 18.5. The molecule has 1 atom stereocenters. The van der Waals surface area contributed by atoms with E-state index < -0.39 is 21.7 Å². The van der Waals surface area contributed by atoms with Crippen LogP contribution in [0.5, 0.6) is 0 Å². The Morgan fingerprint density at radius 2 is 2.07 bits per heavy atom. The molecule has 7 nitrogen and oxygen atoms in total. The predicted molar refractivity (Wildman–Crippen MR) is 111 cm³/mol. The monoisotopic (exact) mass is 469 g/mol. The van der Waals surface area contributed by atoms with Gasteiger partial charge in [-0.1, -0.05) is 12.1 Å². The van der Waals surface area contributed by atoms with Crippen molar-refractivity contribution >= 4 is 42.8 Å². The number of hydrogen-bond donors (Lipinski definition) is 1. The second-order valence-corrected chi connectivity index (χ2v) is 10.6. The third kappa shape index (κ3) is 4.64. The van der Waals surface area contributed by atoms with E-state index in [-0.39, 0.29) is 17.5 Å². The van der Waals surface area contributed by atoms with E-state index in [2.05, 4.69) is 26.2 Å². The first-order valence-corrected chi connectivity index (χ1v) is 11.3. The second kappa shape index (κ2) is 7.96. The third-order valence-electron chi connectivity index (χ3n) is 4.42. The first kappa shape index (κ1) is 21.0. The maximum absolute atomic E-state index is 13.4. The fourth-order valence-electron chi connectivity index (χ4n) is 3.27. The molecule has 1 aliphatic rings. The van der Waals surface area contributed by atoms with Crippen LogP contribution in [0.25, 0.3) is 10.8 Å². The summed E-state index contributed by atoms with van der Waals surface area (Å²) in [6, 6.07) is 4.85. The molecule has 9 heteroatoms. The summed E-state index contributed by atoms with van der Waals surface area (Å²) in [6.45, 7) is 5.99. The minimum absolute atomic E-state index is 0.209. The number of amides is 1. The van der Waals surface area contributed by atoms with E-state index in [1.54, 1.807) is 45.3 Å². The van der Waals surface area contributed by atoms with E-state index in [0.717, 1.165) is 5.39 Å². The van der Waals surface area contributed by atoms with E-state index >= 15 is 0 Å². The first-order chi connectivity index (χ1) is 13.1. The number of sulfonamides is 1. The molecule has 1 amide bonds. The zero-order valence-electron chi connectivity index (χ0n) is 16.1. The van der Waals surface area contributed by atoms with E-state index in [1.165, 1.54) is 4.31 Å². The van der Waals surface area contributed by atoms with E-state index in [4.69, 9.17) is 4.74 Å². The molecule has 1 aromatic heterocycles. The fourth-order valence-corrected chi connectivity index (χ4v) is 5.72. The van der Waals surface area contributed by atoms with Crippen LogP contribution >= 0.6 is 15.9 Å². The van der Waals surface area contributed by atoms with Crippen LogP contribution in [0.15, 0.2) is 40.0 Å². The summed E-state index contributed by atoms with van der Waals surface area (Å²) < 4.78 is 34.1. The van der Waals surface area contributed by atoms with Gasteiger partial charge in [0.25, 0.3) is 0 Å². The number of nitrogens with one attached hydrogen (secondary N) is 1. The predicted octanol–water partition coefficient (Wildman–Crippen LogP) is 3.68. The highest BCUT2D eigenvalue weighted by molar-refractivity contribution is 9.10. The molecule has 2 aromatic rings. The highest BCUT2D eigenvalue weighted by Gasteiger charge is 2.33. The van der Waals surface area contributed by atoms with E-state index in [1.807, 2.05) is 6.07 Å². The summed E-state index contributed by atoms with van der Waals surface area (Å²) in [7, 11) is -3.73. The Morgan fingerprint density at radius 3 is 2.79 bits per heavy atom. The SMILES string of the molecule is CC(C)(C)OC(=O)N[C@@H]1CCCN(S(=O)(=O)c2cccc3cncc(Br)c23)C1. The number of rotatable bonds is 3. The van der Waals surface area contributed by atoms with Crippen LogP contribution < -0.4 is 5.32 Å². The molecule has 0 aliphatic carbocycles. The smallest absolute Gasteiger partial charge is 0.407 e. The fraction of sp³-hybridized carbons (Fsp3) is 0.474. The summed E-state index contributed by atoms with van der Waals surface area (Å²) in [5, 5.41) is 4.15. The Hall–Kier alpha value is -1.71. The molecule has 0 unspecified atom stereocenters. The number of piperidine rings is 1. The Labute approximate surface area is 173 Å². The molecule has 0 saturated carbocycles. The quantitative estimate of drug-likeness (QED) is 0.740. The van der Waals surface area contributed by atoms with Gasteiger partial charge in [-0.3, -0.25) is 4.98 Å². The van der Waals surface area contributed by atoms with E-state index in [0.29, 0.717) is 29.2 Å². The number of aromatic nitrogens is 1. The number of benzene rings is 1. The summed E-state index contributed by atoms with van der Waals surface area (Å²) in [5.41, 5.74) is -0.603. The number of nitrogens with zero attached hydrogens (tertiary/aromatic N) is 2. The number of alkyl carbamates (subject to hydrolysis) is 1. The van der Waals surface area contributed by atoms with Crippen LogP contribution in [0, 0.1) is 0 Å². The number of carbonyl (C=O) groups excluding carboxylic acids is 1.